The van der Waals surface area contributed by atoms with Gasteiger partial charge in [-0.15, -0.1) is 0 Å². The highest BCUT2D eigenvalue weighted by atomic mass is 16.6. The number of benzene rings is 1. The normalized spacial score (nSPS) is 15.2. The highest BCUT2D eigenvalue weighted by Crippen LogP contribution is 2.36. The minimum Gasteiger partial charge on any atom is -0.496 e. The standard InChI is InChI=1S/C15H24N2O3/c1-18-14-11-13(17-7-4-3-5-8-17)15(19-2)10-12(14)6-9-20-16/h10-11H,3-9,16H2,1-2H3. The van der Waals surface area contributed by atoms with Crippen LogP contribution in [0.3, 0.4) is 0 Å². The van der Waals surface area contributed by atoms with E-state index in [-0.39, 0.29) is 0 Å². The summed E-state index contributed by atoms with van der Waals surface area (Å²) in [5, 5.41) is 0. The first kappa shape index (κ1) is 14.9. The maximum atomic E-state index is 5.55. The van der Waals surface area contributed by atoms with E-state index in [2.05, 4.69) is 15.8 Å². The monoisotopic (exact) mass is 280 g/mol. The van der Waals surface area contributed by atoms with Gasteiger partial charge in [0.15, 0.2) is 0 Å². The van der Waals surface area contributed by atoms with Gasteiger partial charge in [0.25, 0.3) is 0 Å². The number of hydrogen-bond donors (Lipinski definition) is 1. The summed E-state index contributed by atoms with van der Waals surface area (Å²) in [6.07, 6.45) is 4.47. The molecular formula is C15H24N2O3. The summed E-state index contributed by atoms with van der Waals surface area (Å²) >= 11 is 0. The van der Waals surface area contributed by atoms with Gasteiger partial charge in [-0.05, 0) is 25.3 Å². The summed E-state index contributed by atoms with van der Waals surface area (Å²) in [6.45, 7) is 2.61. The summed E-state index contributed by atoms with van der Waals surface area (Å²) in [5.41, 5.74) is 2.16. The smallest absolute Gasteiger partial charge is 0.142 e. The summed E-state index contributed by atoms with van der Waals surface area (Å²) in [5.74, 6) is 6.86. The van der Waals surface area contributed by atoms with Crippen LogP contribution in [0.5, 0.6) is 11.5 Å². The van der Waals surface area contributed by atoms with Crippen molar-refractivity contribution in [3.8, 4) is 11.5 Å². The molecule has 5 nitrogen and oxygen atoms in total. The first-order chi connectivity index (χ1) is 9.80. The molecule has 0 bridgehead atoms. The van der Waals surface area contributed by atoms with Gasteiger partial charge >= 0.3 is 0 Å². The van der Waals surface area contributed by atoms with Gasteiger partial charge in [0.2, 0.25) is 0 Å². The van der Waals surface area contributed by atoms with Gasteiger partial charge in [-0.25, -0.2) is 5.90 Å². The molecule has 0 aliphatic carbocycles. The molecular weight excluding hydrogens is 256 g/mol. The van der Waals surface area contributed by atoms with Gasteiger partial charge in [0, 0.05) is 31.1 Å². The molecule has 1 aromatic rings. The van der Waals surface area contributed by atoms with Crippen molar-refractivity contribution in [1.29, 1.82) is 0 Å². The topological polar surface area (TPSA) is 57.0 Å². The summed E-state index contributed by atoms with van der Waals surface area (Å²) < 4.78 is 11.0. The molecule has 1 fully saturated rings. The van der Waals surface area contributed by atoms with E-state index in [9.17, 15) is 0 Å². The van der Waals surface area contributed by atoms with Gasteiger partial charge in [-0.1, -0.05) is 0 Å². The molecule has 2 N–H and O–H groups in total. The number of piperidine rings is 1. The Bertz CT molecular complexity index is 431. The molecule has 0 aromatic heterocycles. The zero-order valence-electron chi connectivity index (χ0n) is 12.4. The average molecular weight is 280 g/mol. The fourth-order valence-electron chi connectivity index (χ4n) is 2.69. The first-order valence-electron chi connectivity index (χ1n) is 7.11. The third kappa shape index (κ3) is 3.35. The predicted octanol–water partition coefficient (Wildman–Crippen LogP) is 2.13. The van der Waals surface area contributed by atoms with E-state index in [0.717, 1.165) is 35.8 Å². The second-order valence-corrected chi connectivity index (χ2v) is 5.00. The molecule has 1 aromatic carbocycles. The van der Waals surface area contributed by atoms with E-state index in [0.29, 0.717) is 13.0 Å². The summed E-state index contributed by atoms with van der Waals surface area (Å²) in [4.78, 5) is 7.03. The van der Waals surface area contributed by atoms with Crippen LogP contribution in [-0.2, 0) is 11.3 Å². The molecule has 1 aliphatic rings. The van der Waals surface area contributed by atoms with Crippen molar-refractivity contribution < 1.29 is 14.3 Å². The maximum Gasteiger partial charge on any atom is 0.142 e. The van der Waals surface area contributed by atoms with Crippen molar-refractivity contribution in [3.63, 3.8) is 0 Å². The van der Waals surface area contributed by atoms with Crippen LogP contribution in [0.1, 0.15) is 24.8 Å². The van der Waals surface area contributed by atoms with E-state index in [1.807, 2.05) is 6.07 Å². The van der Waals surface area contributed by atoms with Gasteiger partial charge in [-0.3, -0.25) is 0 Å². The largest absolute Gasteiger partial charge is 0.496 e. The van der Waals surface area contributed by atoms with Gasteiger partial charge in [0.1, 0.15) is 11.5 Å². The van der Waals surface area contributed by atoms with Crippen molar-refractivity contribution in [1.82, 2.24) is 0 Å². The molecule has 20 heavy (non-hydrogen) atoms. The van der Waals surface area contributed by atoms with Crippen LogP contribution in [-0.4, -0.2) is 33.9 Å². The zero-order chi connectivity index (χ0) is 14.4. The molecule has 112 valence electrons. The quantitative estimate of drug-likeness (QED) is 0.809. The highest BCUT2D eigenvalue weighted by molar-refractivity contribution is 5.64. The number of nitrogens with two attached hydrogens (primary N) is 1. The summed E-state index contributed by atoms with van der Waals surface area (Å²) in [6, 6.07) is 4.10. The molecule has 5 heteroatoms. The Morgan fingerprint density at radius 3 is 2.35 bits per heavy atom. The minimum atomic E-state index is 0.461. The van der Waals surface area contributed by atoms with Crippen molar-refractivity contribution in [2.45, 2.75) is 25.7 Å². The molecule has 1 aliphatic heterocycles. The van der Waals surface area contributed by atoms with E-state index in [1.54, 1.807) is 14.2 Å². The van der Waals surface area contributed by atoms with Crippen LogP contribution in [0.2, 0.25) is 0 Å². The minimum absolute atomic E-state index is 0.461. The van der Waals surface area contributed by atoms with Crippen LogP contribution < -0.4 is 20.3 Å². The number of anilines is 1. The molecule has 0 saturated carbocycles. The highest BCUT2D eigenvalue weighted by Gasteiger charge is 2.18. The Kier molecular flexibility index (Phi) is 5.49. The SMILES string of the molecule is COc1cc(N2CCCCC2)c(OC)cc1CCON. The molecule has 0 spiro atoms. The lowest BCUT2D eigenvalue weighted by Crippen LogP contribution is -2.29. The second-order valence-electron chi connectivity index (χ2n) is 5.00. The fourth-order valence-corrected chi connectivity index (χ4v) is 2.69. The Balaban J connectivity index is 2.30. The van der Waals surface area contributed by atoms with E-state index in [4.69, 9.17) is 15.4 Å². The first-order valence-corrected chi connectivity index (χ1v) is 7.11. The number of nitrogens with zero attached hydrogens (tertiary/aromatic N) is 1. The van der Waals surface area contributed by atoms with Gasteiger partial charge < -0.3 is 19.2 Å². The molecule has 0 radical (unpaired) electrons. The number of hydrogen-bond acceptors (Lipinski definition) is 5. The third-order valence-electron chi connectivity index (χ3n) is 3.77. The van der Waals surface area contributed by atoms with E-state index in [1.165, 1.54) is 19.3 Å². The van der Waals surface area contributed by atoms with Crippen LogP contribution in [0.4, 0.5) is 5.69 Å². The van der Waals surface area contributed by atoms with Crippen molar-refractivity contribution in [2.75, 3.05) is 38.8 Å². The van der Waals surface area contributed by atoms with Crippen LogP contribution in [0, 0.1) is 0 Å². The Morgan fingerprint density at radius 2 is 1.75 bits per heavy atom. The van der Waals surface area contributed by atoms with Crippen molar-refractivity contribution >= 4 is 5.69 Å². The molecule has 0 unspecified atom stereocenters. The van der Waals surface area contributed by atoms with Gasteiger partial charge in [-0.2, -0.15) is 0 Å². The Hall–Kier alpha value is -1.46. The molecule has 0 amide bonds. The number of methoxy groups -OCH3 is 2. The molecule has 0 atom stereocenters. The predicted molar refractivity (Wildman–Crippen MR) is 79.5 cm³/mol. The number of ether oxygens (including phenoxy) is 2. The second kappa shape index (κ2) is 7.36. The Morgan fingerprint density at radius 1 is 1.05 bits per heavy atom. The average Bonchev–Trinajstić information content (AvgIpc) is 2.52. The third-order valence-corrected chi connectivity index (χ3v) is 3.77. The zero-order valence-corrected chi connectivity index (χ0v) is 12.4. The maximum absolute atomic E-state index is 5.55. The lowest BCUT2D eigenvalue weighted by Gasteiger charge is -2.30. The summed E-state index contributed by atoms with van der Waals surface area (Å²) in [7, 11) is 3.40. The lowest BCUT2D eigenvalue weighted by molar-refractivity contribution is 0.140. The molecule has 1 saturated heterocycles. The van der Waals surface area contributed by atoms with Crippen molar-refractivity contribution in [2.24, 2.45) is 5.90 Å². The number of rotatable bonds is 6. The van der Waals surface area contributed by atoms with Crippen LogP contribution in [0.15, 0.2) is 12.1 Å². The van der Waals surface area contributed by atoms with E-state index < -0.39 is 0 Å². The van der Waals surface area contributed by atoms with Crippen LogP contribution in [0.25, 0.3) is 0 Å². The molecule has 2 rings (SSSR count). The molecule has 1 heterocycles. The van der Waals surface area contributed by atoms with E-state index >= 15 is 0 Å². The fraction of sp³-hybridized carbons (Fsp3) is 0.600. The van der Waals surface area contributed by atoms with Gasteiger partial charge in [0.05, 0.1) is 26.5 Å². The van der Waals surface area contributed by atoms with Crippen LogP contribution >= 0.6 is 0 Å². The Labute approximate surface area is 120 Å². The lowest BCUT2D eigenvalue weighted by atomic mass is 10.1. The van der Waals surface area contributed by atoms with Crippen molar-refractivity contribution in [3.05, 3.63) is 17.7 Å².